The first-order chi connectivity index (χ1) is 16.0. The number of primary amides is 1. The molecule has 0 saturated heterocycles. The Balaban J connectivity index is 1.43. The predicted molar refractivity (Wildman–Crippen MR) is 123 cm³/mol. The number of para-hydroxylation sites is 1. The second kappa shape index (κ2) is 8.39. The molecule has 0 spiro atoms. The molecule has 2 heterocycles. The van der Waals surface area contributed by atoms with Gasteiger partial charge in [0.2, 0.25) is 0 Å². The number of aromatic nitrogens is 2. The Morgan fingerprint density at radius 3 is 2.56 bits per heavy atom. The Morgan fingerprint density at radius 2 is 1.85 bits per heavy atom. The Hall–Kier alpha value is -3.46. The predicted octanol–water partition coefficient (Wildman–Crippen LogP) is 2.16. The molecule has 0 atom stereocenters. The van der Waals surface area contributed by atoms with Crippen molar-refractivity contribution in [3.8, 4) is 0 Å². The van der Waals surface area contributed by atoms with E-state index in [4.69, 9.17) is 5.73 Å². The fraction of sp³-hybridized carbons (Fsp3) is 0.273. The van der Waals surface area contributed by atoms with E-state index in [1.54, 1.807) is 24.3 Å². The Bertz CT molecular complexity index is 1320. The molecule has 12 heteroatoms. The van der Waals surface area contributed by atoms with Crippen molar-refractivity contribution in [2.24, 2.45) is 5.73 Å². The Kier molecular flexibility index (Phi) is 5.85. The van der Waals surface area contributed by atoms with E-state index >= 15 is 0 Å². The third kappa shape index (κ3) is 4.23. The van der Waals surface area contributed by atoms with Gasteiger partial charge in [0.1, 0.15) is 0 Å². The topological polar surface area (TPSA) is 110 Å². The third-order valence-corrected chi connectivity index (χ3v) is 7.84. The van der Waals surface area contributed by atoms with Crippen LogP contribution in [0, 0.1) is 0 Å². The van der Waals surface area contributed by atoms with Crippen LogP contribution in [0.15, 0.2) is 42.5 Å². The number of carbonyl (C=O) groups is 3. The van der Waals surface area contributed by atoms with E-state index in [0.717, 1.165) is 6.07 Å². The van der Waals surface area contributed by atoms with E-state index in [-0.39, 0.29) is 37.4 Å². The molecule has 1 aliphatic heterocycles. The minimum absolute atomic E-state index is 0.0337. The number of nitrogens with two attached hydrogens (primary N) is 1. The SMILES string of the molecule is CCCN(CC(=O)NCc1cccc2c1P2(F)(F)F)C(=O)Cn1nc(C(N)=O)c2ccccc21. The quantitative estimate of drug-likeness (QED) is 0.445. The van der Waals surface area contributed by atoms with Gasteiger partial charge in [-0.05, 0) is 0 Å². The molecule has 3 N–H and O–H groups in total. The van der Waals surface area contributed by atoms with E-state index in [1.807, 2.05) is 6.92 Å². The molecule has 0 unspecified atom stereocenters. The molecule has 0 bridgehead atoms. The van der Waals surface area contributed by atoms with Gasteiger partial charge in [-0.3, -0.25) is 4.79 Å². The van der Waals surface area contributed by atoms with Crippen LogP contribution in [0.3, 0.4) is 0 Å². The molecule has 3 aromatic rings. The molecular formula is C22H23F3N5O3P. The summed E-state index contributed by atoms with van der Waals surface area (Å²) in [4.78, 5) is 38.4. The van der Waals surface area contributed by atoms with Gasteiger partial charge in [-0.1, -0.05) is 18.2 Å². The first kappa shape index (κ1) is 23.7. The van der Waals surface area contributed by atoms with Crippen molar-refractivity contribution in [2.75, 3.05) is 13.1 Å². The minimum atomic E-state index is -6.38. The van der Waals surface area contributed by atoms with Gasteiger partial charge < -0.3 is 5.73 Å². The van der Waals surface area contributed by atoms with E-state index in [9.17, 15) is 27.0 Å². The molecule has 4 rings (SSSR count). The normalized spacial score (nSPS) is 16.2. The van der Waals surface area contributed by atoms with Crippen LogP contribution in [0.1, 0.15) is 29.4 Å². The molecule has 3 amide bonds. The van der Waals surface area contributed by atoms with Crippen LogP contribution >= 0.6 is 7.54 Å². The van der Waals surface area contributed by atoms with E-state index in [2.05, 4.69) is 10.4 Å². The van der Waals surface area contributed by atoms with Gasteiger partial charge in [0.05, 0.1) is 0 Å². The average molecular weight is 493 g/mol. The number of nitrogens with one attached hydrogen (secondary N) is 1. The summed E-state index contributed by atoms with van der Waals surface area (Å²) in [6, 6.07) is 10.6. The van der Waals surface area contributed by atoms with Gasteiger partial charge in [-0.15, -0.1) is 0 Å². The molecule has 0 radical (unpaired) electrons. The molecular weight excluding hydrogens is 470 g/mol. The van der Waals surface area contributed by atoms with Crippen LogP contribution in [-0.4, -0.2) is 45.5 Å². The second-order valence-electron chi connectivity index (χ2n) is 8.08. The summed E-state index contributed by atoms with van der Waals surface area (Å²) in [7, 11) is -6.38. The van der Waals surface area contributed by atoms with Crippen molar-refractivity contribution in [1.29, 1.82) is 0 Å². The maximum absolute atomic E-state index is 13.8. The first-order valence-electron chi connectivity index (χ1n) is 10.6. The summed E-state index contributed by atoms with van der Waals surface area (Å²) < 4.78 is 42.9. The molecule has 8 nitrogen and oxygen atoms in total. The van der Waals surface area contributed by atoms with Crippen molar-refractivity contribution in [3.63, 3.8) is 0 Å². The van der Waals surface area contributed by atoms with Crippen LogP contribution in [0.25, 0.3) is 10.9 Å². The monoisotopic (exact) mass is 493 g/mol. The molecule has 0 aliphatic carbocycles. The van der Waals surface area contributed by atoms with Gasteiger partial charge in [-0.25, -0.2) is 0 Å². The summed E-state index contributed by atoms with van der Waals surface area (Å²) in [5.74, 6) is -1.72. The number of hydrogen-bond donors (Lipinski definition) is 2. The molecule has 1 aliphatic rings. The van der Waals surface area contributed by atoms with Crippen LogP contribution < -0.4 is 21.7 Å². The fourth-order valence-corrected chi connectivity index (χ4v) is 6.09. The number of amides is 3. The van der Waals surface area contributed by atoms with Crippen molar-refractivity contribution >= 4 is 46.8 Å². The maximum atomic E-state index is 13.8. The summed E-state index contributed by atoms with van der Waals surface area (Å²) in [5.41, 5.74) is 6.00. The van der Waals surface area contributed by atoms with Gasteiger partial charge in [-0.2, -0.15) is 0 Å². The van der Waals surface area contributed by atoms with E-state index < -0.39 is 35.9 Å². The van der Waals surface area contributed by atoms with Crippen LogP contribution in [0.2, 0.25) is 0 Å². The van der Waals surface area contributed by atoms with E-state index in [1.165, 1.54) is 21.7 Å². The van der Waals surface area contributed by atoms with Crippen LogP contribution in [-0.2, 0) is 22.7 Å². The molecule has 0 saturated carbocycles. The summed E-state index contributed by atoms with van der Waals surface area (Å²) in [6.07, 6.45) is 0.567. The number of fused-ring (bicyclic) bond motifs is 2. The summed E-state index contributed by atoms with van der Waals surface area (Å²) >= 11 is 0. The molecule has 2 aromatic carbocycles. The number of carbonyl (C=O) groups excluding carboxylic acids is 3. The summed E-state index contributed by atoms with van der Waals surface area (Å²) in [6.45, 7) is 1.30. The van der Waals surface area contributed by atoms with Crippen molar-refractivity contribution in [3.05, 3.63) is 53.7 Å². The van der Waals surface area contributed by atoms with Crippen LogP contribution in [0.4, 0.5) is 12.6 Å². The number of benzene rings is 2. The number of nitrogens with zero attached hydrogens (tertiary/aromatic N) is 3. The van der Waals surface area contributed by atoms with Crippen molar-refractivity contribution in [1.82, 2.24) is 20.0 Å². The Labute approximate surface area is 193 Å². The number of halogens is 3. The van der Waals surface area contributed by atoms with Crippen molar-refractivity contribution in [2.45, 2.75) is 26.4 Å². The molecule has 34 heavy (non-hydrogen) atoms. The van der Waals surface area contributed by atoms with Crippen molar-refractivity contribution < 1.29 is 27.0 Å². The number of rotatable bonds is 9. The average Bonchev–Trinajstić information content (AvgIpc) is 3.09. The summed E-state index contributed by atoms with van der Waals surface area (Å²) in [5, 5.41) is 5.99. The van der Waals surface area contributed by atoms with Gasteiger partial charge in [0.25, 0.3) is 5.91 Å². The first-order valence-corrected chi connectivity index (χ1v) is 12.5. The van der Waals surface area contributed by atoms with Crippen LogP contribution in [0.5, 0.6) is 0 Å². The zero-order valence-corrected chi connectivity index (χ0v) is 19.2. The van der Waals surface area contributed by atoms with Gasteiger partial charge >= 0.3 is 158 Å². The van der Waals surface area contributed by atoms with Gasteiger partial charge in [0, 0.05) is 0 Å². The fourth-order valence-electron chi connectivity index (χ4n) is 4.01. The zero-order valence-electron chi connectivity index (χ0n) is 18.3. The third-order valence-electron chi connectivity index (χ3n) is 5.64. The van der Waals surface area contributed by atoms with Gasteiger partial charge in [0.15, 0.2) is 0 Å². The van der Waals surface area contributed by atoms with E-state index in [0.29, 0.717) is 17.3 Å². The zero-order chi connectivity index (χ0) is 24.7. The molecule has 0 fully saturated rings. The molecule has 1 aromatic heterocycles. The number of hydrogen-bond acceptors (Lipinski definition) is 4. The second-order valence-corrected chi connectivity index (χ2v) is 10.6. The standard InChI is InChI=1S/C22H23F3N5O3P/c1-2-10-29(12-18(31)27-11-14-6-5-9-17-21(14)34(17,23,24)25)19(32)13-30-16-8-4-3-7-15(16)20(28-30)22(26)33/h3-9H,2,10-13H2,1H3,(H2,26,33)(H,27,31). The Morgan fingerprint density at radius 1 is 1.12 bits per heavy atom. The molecule has 180 valence electrons.